The average Bonchev–Trinajstić information content (AvgIpc) is 2.96. The minimum atomic E-state index is -0.173. The average molecular weight is 279 g/mol. The van der Waals surface area contributed by atoms with E-state index in [1.165, 1.54) is 7.11 Å². The van der Waals surface area contributed by atoms with Crippen LogP contribution in [0.2, 0.25) is 0 Å². The molecule has 0 aliphatic carbocycles. The molecule has 1 saturated heterocycles. The lowest BCUT2D eigenvalue weighted by molar-refractivity contribution is -0.145. The molecule has 1 N–H and O–H groups in total. The molecular weight excluding hydrogens is 258 g/mol. The SMILES string of the molecule is CCOc1ccc(C2CNCC2C(=O)OC)cc1OC. The van der Waals surface area contributed by atoms with Crippen LogP contribution in [-0.4, -0.2) is 39.9 Å². The zero-order valence-corrected chi connectivity index (χ0v) is 12.1. The van der Waals surface area contributed by atoms with E-state index >= 15 is 0 Å². The number of carbonyl (C=O) groups excluding carboxylic acids is 1. The van der Waals surface area contributed by atoms with E-state index in [-0.39, 0.29) is 17.8 Å². The highest BCUT2D eigenvalue weighted by Gasteiger charge is 2.35. The van der Waals surface area contributed by atoms with Gasteiger partial charge < -0.3 is 19.5 Å². The Balaban J connectivity index is 2.25. The number of hydrogen-bond acceptors (Lipinski definition) is 5. The molecule has 0 saturated carbocycles. The van der Waals surface area contributed by atoms with Gasteiger partial charge in [0, 0.05) is 19.0 Å². The molecule has 2 unspecified atom stereocenters. The highest BCUT2D eigenvalue weighted by molar-refractivity contribution is 5.74. The molecule has 1 aliphatic rings. The largest absolute Gasteiger partial charge is 0.493 e. The van der Waals surface area contributed by atoms with E-state index in [1.54, 1.807) is 7.11 Å². The second kappa shape index (κ2) is 6.61. The number of hydrogen-bond donors (Lipinski definition) is 1. The Hall–Kier alpha value is -1.75. The van der Waals surface area contributed by atoms with E-state index in [9.17, 15) is 4.79 Å². The first-order chi connectivity index (χ1) is 9.71. The van der Waals surface area contributed by atoms with Crippen LogP contribution in [0.25, 0.3) is 0 Å². The molecule has 1 aromatic carbocycles. The Bertz CT molecular complexity index is 475. The summed E-state index contributed by atoms with van der Waals surface area (Å²) in [5.41, 5.74) is 1.06. The first-order valence-electron chi connectivity index (χ1n) is 6.80. The molecule has 2 rings (SSSR count). The Morgan fingerprint density at radius 2 is 2.10 bits per heavy atom. The van der Waals surface area contributed by atoms with E-state index in [4.69, 9.17) is 14.2 Å². The van der Waals surface area contributed by atoms with Gasteiger partial charge in [0.25, 0.3) is 0 Å². The van der Waals surface area contributed by atoms with Crippen LogP contribution in [0.4, 0.5) is 0 Å². The molecule has 1 fully saturated rings. The molecule has 1 aromatic rings. The Labute approximate surface area is 119 Å². The molecule has 2 atom stereocenters. The summed E-state index contributed by atoms with van der Waals surface area (Å²) >= 11 is 0. The van der Waals surface area contributed by atoms with Gasteiger partial charge in [0.2, 0.25) is 0 Å². The van der Waals surface area contributed by atoms with Crippen molar-refractivity contribution in [3.63, 3.8) is 0 Å². The fraction of sp³-hybridized carbons (Fsp3) is 0.533. The minimum Gasteiger partial charge on any atom is -0.493 e. The third-order valence-electron chi connectivity index (χ3n) is 3.63. The summed E-state index contributed by atoms with van der Waals surface area (Å²) < 4.78 is 15.7. The van der Waals surface area contributed by atoms with Gasteiger partial charge >= 0.3 is 5.97 Å². The van der Waals surface area contributed by atoms with Crippen molar-refractivity contribution in [1.82, 2.24) is 5.32 Å². The minimum absolute atomic E-state index is 0.104. The van der Waals surface area contributed by atoms with Gasteiger partial charge in [-0.1, -0.05) is 6.07 Å². The van der Waals surface area contributed by atoms with E-state index in [2.05, 4.69) is 5.32 Å². The topological polar surface area (TPSA) is 56.8 Å². The van der Waals surface area contributed by atoms with Crippen molar-refractivity contribution in [1.29, 1.82) is 0 Å². The van der Waals surface area contributed by atoms with Gasteiger partial charge in [0.15, 0.2) is 11.5 Å². The second-order valence-electron chi connectivity index (χ2n) is 4.74. The maximum absolute atomic E-state index is 11.8. The van der Waals surface area contributed by atoms with Gasteiger partial charge in [-0.25, -0.2) is 0 Å². The lowest BCUT2D eigenvalue weighted by Gasteiger charge is -2.18. The quantitative estimate of drug-likeness (QED) is 0.829. The first kappa shape index (κ1) is 14.7. The fourth-order valence-corrected chi connectivity index (χ4v) is 2.62. The molecule has 0 amide bonds. The lowest BCUT2D eigenvalue weighted by Crippen LogP contribution is -2.23. The van der Waals surface area contributed by atoms with Gasteiger partial charge in [-0.3, -0.25) is 4.79 Å². The Morgan fingerprint density at radius 3 is 2.75 bits per heavy atom. The monoisotopic (exact) mass is 279 g/mol. The number of ether oxygens (including phenoxy) is 3. The van der Waals surface area contributed by atoms with Crippen LogP contribution < -0.4 is 14.8 Å². The number of esters is 1. The van der Waals surface area contributed by atoms with E-state index in [0.29, 0.717) is 18.9 Å². The third kappa shape index (κ3) is 2.88. The molecule has 5 nitrogen and oxygen atoms in total. The predicted octanol–water partition coefficient (Wildman–Crippen LogP) is 1.57. The van der Waals surface area contributed by atoms with Crippen LogP contribution in [0.5, 0.6) is 11.5 Å². The summed E-state index contributed by atoms with van der Waals surface area (Å²) in [5.74, 6) is 1.20. The van der Waals surface area contributed by atoms with Crippen molar-refractivity contribution in [2.45, 2.75) is 12.8 Å². The van der Waals surface area contributed by atoms with Gasteiger partial charge in [0.1, 0.15) is 0 Å². The zero-order valence-electron chi connectivity index (χ0n) is 12.1. The zero-order chi connectivity index (χ0) is 14.5. The highest BCUT2D eigenvalue weighted by Crippen LogP contribution is 2.35. The van der Waals surface area contributed by atoms with E-state index in [1.807, 2.05) is 25.1 Å². The standard InChI is InChI=1S/C15H21NO4/c1-4-20-13-6-5-10(7-14(13)18-2)11-8-16-9-12(11)15(17)19-3/h5-7,11-12,16H,4,8-9H2,1-3H3. The van der Waals surface area contributed by atoms with Crippen LogP contribution in [0.3, 0.4) is 0 Å². The number of nitrogens with one attached hydrogen (secondary N) is 1. The van der Waals surface area contributed by atoms with Crippen LogP contribution >= 0.6 is 0 Å². The molecule has 1 aliphatic heterocycles. The highest BCUT2D eigenvalue weighted by atomic mass is 16.5. The molecule has 110 valence electrons. The molecule has 0 spiro atoms. The van der Waals surface area contributed by atoms with Crippen LogP contribution in [-0.2, 0) is 9.53 Å². The summed E-state index contributed by atoms with van der Waals surface area (Å²) in [4.78, 5) is 11.8. The maximum Gasteiger partial charge on any atom is 0.310 e. The molecular formula is C15H21NO4. The number of benzene rings is 1. The smallest absolute Gasteiger partial charge is 0.310 e. The Kier molecular flexibility index (Phi) is 4.84. The van der Waals surface area contributed by atoms with Crippen molar-refractivity contribution < 1.29 is 19.0 Å². The van der Waals surface area contributed by atoms with Crippen molar-refractivity contribution in [2.24, 2.45) is 5.92 Å². The van der Waals surface area contributed by atoms with E-state index in [0.717, 1.165) is 17.9 Å². The van der Waals surface area contributed by atoms with Gasteiger partial charge in [-0.15, -0.1) is 0 Å². The molecule has 0 radical (unpaired) electrons. The van der Waals surface area contributed by atoms with Crippen molar-refractivity contribution >= 4 is 5.97 Å². The third-order valence-corrected chi connectivity index (χ3v) is 3.63. The predicted molar refractivity (Wildman–Crippen MR) is 75.3 cm³/mol. The van der Waals surface area contributed by atoms with Crippen LogP contribution in [0.1, 0.15) is 18.4 Å². The van der Waals surface area contributed by atoms with Crippen molar-refractivity contribution in [3.05, 3.63) is 23.8 Å². The molecule has 0 bridgehead atoms. The van der Waals surface area contributed by atoms with Crippen LogP contribution in [0, 0.1) is 5.92 Å². The fourth-order valence-electron chi connectivity index (χ4n) is 2.62. The van der Waals surface area contributed by atoms with Crippen molar-refractivity contribution in [3.8, 4) is 11.5 Å². The van der Waals surface area contributed by atoms with Crippen LogP contribution in [0.15, 0.2) is 18.2 Å². The summed E-state index contributed by atoms with van der Waals surface area (Å²) in [5, 5.41) is 3.24. The summed E-state index contributed by atoms with van der Waals surface area (Å²) in [6.45, 7) is 3.93. The lowest BCUT2D eigenvalue weighted by atomic mass is 9.89. The normalized spacial score (nSPS) is 21.6. The van der Waals surface area contributed by atoms with Crippen molar-refractivity contribution in [2.75, 3.05) is 33.9 Å². The second-order valence-corrected chi connectivity index (χ2v) is 4.74. The van der Waals surface area contributed by atoms with Gasteiger partial charge in [0.05, 0.1) is 26.7 Å². The number of rotatable bonds is 5. The number of carbonyl (C=O) groups is 1. The summed E-state index contributed by atoms with van der Waals surface area (Å²) in [6.07, 6.45) is 0. The molecule has 20 heavy (non-hydrogen) atoms. The summed E-state index contributed by atoms with van der Waals surface area (Å²) in [7, 11) is 3.04. The molecule has 1 heterocycles. The maximum atomic E-state index is 11.8. The summed E-state index contributed by atoms with van der Waals surface area (Å²) in [6, 6.07) is 5.82. The van der Waals surface area contributed by atoms with E-state index < -0.39 is 0 Å². The Morgan fingerprint density at radius 1 is 1.30 bits per heavy atom. The first-order valence-corrected chi connectivity index (χ1v) is 6.80. The molecule has 5 heteroatoms. The number of methoxy groups -OCH3 is 2. The van der Waals surface area contributed by atoms with Gasteiger partial charge in [-0.2, -0.15) is 0 Å². The molecule has 0 aromatic heterocycles. The van der Waals surface area contributed by atoms with Gasteiger partial charge in [-0.05, 0) is 24.6 Å².